The number of aromatic nitrogens is 2. The van der Waals surface area contributed by atoms with Crippen molar-refractivity contribution >= 4 is 17.0 Å². The third kappa shape index (κ3) is 3.55. The van der Waals surface area contributed by atoms with Gasteiger partial charge in [-0.2, -0.15) is 5.10 Å². The van der Waals surface area contributed by atoms with Crippen LogP contribution in [0.2, 0.25) is 0 Å². The molecule has 1 N–H and O–H groups in total. The fraction of sp³-hybridized carbons (Fsp3) is 0.136. The fourth-order valence-corrected chi connectivity index (χ4v) is 3.67. The summed E-state index contributed by atoms with van der Waals surface area (Å²) in [6.07, 6.45) is 3.18. The maximum atomic E-state index is 4.85. The highest BCUT2D eigenvalue weighted by atomic mass is 32.1. The number of hydrogen-bond acceptors (Lipinski definition) is 3. The number of rotatable bonds is 6. The van der Waals surface area contributed by atoms with Gasteiger partial charge in [-0.3, -0.25) is 0 Å². The lowest BCUT2D eigenvalue weighted by atomic mass is 10.1. The van der Waals surface area contributed by atoms with Crippen LogP contribution in [0, 0.1) is 0 Å². The molecule has 0 aliphatic carbocycles. The minimum Gasteiger partial charge on any atom is -0.381 e. The van der Waals surface area contributed by atoms with Crippen molar-refractivity contribution in [2.24, 2.45) is 0 Å². The molecule has 2 heterocycles. The molecule has 0 aliphatic rings. The Morgan fingerprint density at radius 3 is 2.46 bits per heavy atom. The quantitative estimate of drug-likeness (QED) is 0.473. The lowest BCUT2D eigenvalue weighted by Gasteiger charge is -2.07. The van der Waals surface area contributed by atoms with E-state index in [2.05, 4.69) is 72.3 Å². The van der Waals surface area contributed by atoms with E-state index in [1.54, 1.807) is 11.3 Å². The predicted molar refractivity (Wildman–Crippen MR) is 110 cm³/mol. The number of nitrogens with zero attached hydrogens (tertiary/aromatic N) is 2. The molecule has 0 saturated carbocycles. The molecule has 0 saturated heterocycles. The van der Waals surface area contributed by atoms with Crippen LogP contribution in [0.5, 0.6) is 0 Å². The molecule has 0 fully saturated rings. The molecule has 0 aliphatic heterocycles. The average Bonchev–Trinajstić information content (AvgIpc) is 3.37. The topological polar surface area (TPSA) is 29.9 Å². The van der Waals surface area contributed by atoms with Crippen LogP contribution in [0.25, 0.3) is 16.3 Å². The van der Waals surface area contributed by atoms with Gasteiger partial charge in [0.05, 0.1) is 10.6 Å². The van der Waals surface area contributed by atoms with Gasteiger partial charge in [0.15, 0.2) is 0 Å². The second-order valence-corrected chi connectivity index (χ2v) is 7.11. The Kier molecular flexibility index (Phi) is 4.84. The van der Waals surface area contributed by atoms with E-state index in [0.717, 1.165) is 30.0 Å². The molecule has 0 unspecified atom stereocenters. The first-order valence-electron chi connectivity index (χ1n) is 8.84. The predicted octanol–water partition coefficient (Wildman–Crippen LogP) is 5.78. The van der Waals surface area contributed by atoms with E-state index >= 15 is 0 Å². The molecule has 130 valence electrons. The average molecular weight is 359 g/mol. The third-order valence-corrected chi connectivity index (χ3v) is 5.29. The Hall–Kier alpha value is -2.85. The van der Waals surface area contributed by atoms with Crippen LogP contribution in [0.4, 0.5) is 5.69 Å². The van der Waals surface area contributed by atoms with Gasteiger partial charge in [-0.15, -0.1) is 11.3 Å². The normalized spacial score (nSPS) is 10.8. The first-order valence-corrected chi connectivity index (χ1v) is 9.72. The lowest BCUT2D eigenvalue weighted by Crippen LogP contribution is -1.99. The number of nitrogens with one attached hydrogen (secondary N) is 1. The fourth-order valence-electron chi connectivity index (χ4n) is 2.93. The summed E-state index contributed by atoms with van der Waals surface area (Å²) in [5, 5.41) is 10.5. The summed E-state index contributed by atoms with van der Waals surface area (Å²) in [5.74, 6) is 0. The Morgan fingerprint density at radius 1 is 0.962 bits per heavy atom. The SMILES string of the molecule is CCc1ccc(NCc2cn(-c3ccccc3)nc2-c2cccs2)cc1. The number of benzene rings is 2. The minimum absolute atomic E-state index is 0.742. The summed E-state index contributed by atoms with van der Waals surface area (Å²) in [4.78, 5) is 1.19. The molecule has 0 amide bonds. The first-order chi connectivity index (χ1) is 12.8. The van der Waals surface area contributed by atoms with Gasteiger partial charge in [0.25, 0.3) is 0 Å². The van der Waals surface area contributed by atoms with Gasteiger partial charge in [0.1, 0.15) is 5.69 Å². The molecule has 2 aromatic heterocycles. The number of hydrogen-bond donors (Lipinski definition) is 1. The highest BCUT2D eigenvalue weighted by Crippen LogP contribution is 2.28. The molecule has 4 aromatic rings. The van der Waals surface area contributed by atoms with E-state index < -0.39 is 0 Å². The number of anilines is 1. The van der Waals surface area contributed by atoms with E-state index in [-0.39, 0.29) is 0 Å². The van der Waals surface area contributed by atoms with Gasteiger partial charge in [0, 0.05) is 24.0 Å². The summed E-state index contributed by atoms with van der Waals surface area (Å²) < 4.78 is 1.96. The number of aryl methyl sites for hydroxylation is 1. The molecule has 4 rings (SSSR count). The van der Waals surface area contributed by atoms with Gasteiger partial charge in [0.2, 0.25) is 0 Å². The second-order valence-electron chi connectivity index (χ2n) is 6.16. The van der Waals surface area contributed by atoms with Crippen LogP contribution in [-0.2, 0) is 13.0 Å². The summed E-state index contributed by atoms with van der Waals surface area (Å²) in [6, 6.07) is 23.1. The van der Waals surface area contributed by atoms with Crippen molar-refractivity contribution in [1.29, 1.82) is 0 Å². The summed E-state index contributed by atoms with van der Waals surface area (Å²) >= 11 is 1.72. The van der Waals surface area contributed by atoms with Crippen LogP contribution in [0.15, 0.2) is 78.3 Å². The van der Waals surface area contributed by atoms with Gasteiger partial charge >= 0.3 is 0 Å². The van der Waals surface area contributed by atoms with Crippen LogP contribution in [0.1, 0.15) is 18.1 Å². The zero-order valence-corrected chi connectivity index (χ0v) is 15.5. The minimum atomic E-state index is 0.742. The number of para-hydroxylation sites is 1. The lowest BCUT2D eigenvalue weighted by molar-refractivity contribution is 0.884. The van der Waals surface area contributed by atoms with E-state index in [1.165, 1.54) is 16.0 Å². The van der Waals surface area contributed by atoms with E-state index in [4.69, 9.17) is 5.10 Å². The molecule has 26 heavy (non-hydrogen) atoms. The van der Waals surface area contributed by atoms with Crippen molar-refractivity contribution in [2.75, 3.05) is 5.32 Å². The van der Waals surface area contributed by atoms with Crippen molar-refractivity contribution in [3.05, 3.63) is 89.4 Å². The molecule has 0 radical (unpaired) electrons. The smallest absolute Gasteiger partial charge is 0.108 e. The standard InChI is InChI=1S/C22H21N3S/c1-2-17-10-12-19(13-11-17)23-15-18-16-25(20-7-4-3-5-8-20)24-22(18)21-9-6-14-26-21/h3-14,16,23H,2,15H2,1H3. The Bertz CT molecular complexity index is 955. The molecule has 0 atom stereocenters. The van der Waals surface area contributed by atoms with E-state index in [0.29, 0.717) is 0 Å². The third-order valence-electron chi connectivity index (χ3n) is 4.41. The van der Waals surface area contributed by atoms with Crippen molar-refractivity contribution in [1.82, 2.24) is 9.78 Å². The number of thiophene rings is 1. The highest BCUT2D eigenvalue weighted by Gasteiger charge is 2.13. The molecule has 2 aromatic carbocycles. The Labute approximate surface area is 157 Å². The van der Waals surface area contributed by atoms with Gasteiger partial charge in [-0.1, -0.05) is 43.3 Å². The summed E-state index contributed by atoms with van der Waals surface area (Å²) in [5.41, 5.74) is 5.79. The van der Waals surface area contributed by atoms with Crippen LogP contribution >= 0.6 is 11.3 Å². The maximum Gasteiger partial charge on any atom is 0.108 e. The molecular weight excluding hydrogens is 338 g/mol. The zero-order valence-electron chi connectivity index (χ0n) is 14.7. The van der Waals surface area contributed by atoms with Crippen molar-refractivity contribution in [3.63, 3.8) is 0 Å². The first kappa shape index (κ1) is 16.6. The summed E-state index contributed by atoms with van der Waals surface area (Å²) in [7, 11) is 0. The van der Waals surface area contributed by atoms with Crippen molar-refractivity contribution in [3.8, 4) is 16.3 Å². The van der Waals surface area contributed by atoms with Gasteiger partial charge < -0.3 is 5.32 Å². The van der Waals surface area contributed by atoms with Crippen molar-refractivity contribution < 1.29 is 0 Å². The van der Waals surface area contributed by atoms with Crippen LogP contribution in [-0.4, -0.2) is 9.78 Å². The largest absolute Gasteiger partial charge is 0.381 e. The maximum absolute atomic E-state index is 4.85. The highest BCUT2D eigenvalue weighted by molar-refractivity contribution is 7.13. The van der Waals surface area contributed by atoms with Gasteiger partial charge in [-0.05, 0) is 47.7 Å². The Morgan fingerprint density at radius 2 is 1.77 bits per heavy atom. The summed E-state index contributed by atoms with van der Waals surface area (Å²) in [6.45, 7) is 2.92. The molecule has 3 nitrogen and oxygen atoms in total. The van der Waals surface area contributed by atoms with Gasteiger partial charge in [-0.25, -0.2) is 4.68 Å². The van der Waals surface area contributed by atoms with Crippen molar-refractivity contribution in [2.45, 2.75) is 19.9 Å². The monoisotopic (exact) mass is 359 g/mol. The van der Waals surface area contributed by atoms with Crippen LogP contribution < -0.4 is 5.32 Å². The Balaban J connectivity index is 1.62. The second kappa shape index (κ2) is 7.58. The van der Waals surface area contributed by atoms with E-state index in [9.17, 15) is 0 Å². The molecule has 4 heteroatoms. The molecular formula is C22H21N3S. The molecule has 0 spiro atoms. The van der Waals surface area contributed by atoms with E-state index in [1.807, 2.05) is 22.9 Å². The zero-order chi connectivity index (χ0) is 17.8. The molecule has 0 bridgehead atoms. The van der Waals surface area contributed by atoms with Crippen LogP contribution in [0.3, 0.4) is 0 Å².